The lowest BCUT2D eigenvalue weighted by Gasteiger charge is -2.12. The van der Waals surface area contributed by atoms with Gasteiger partial charge in [-0.05, 0) is 52.6 Å². The first kappa shape index (κ1) is 14.6. The van der Waals surface area contributed by atoms with Crippen LogP contribution in [0, 0.1) is 5.82 Å². The van der Waals surface area contributed by atoms with E-state index in [1.807, 2.05) is 24.3 Å². The van der Waals surface area contributed by atoms with E-state index in [-0.39, 0.29) is 11.2 Å². The molecule has 0 spiro atoms. The Hall–Kier alpha value is -1.38. The molecule has 3 heteroatoms. The van der Waals surface area contributed by atoms with Gasteiger partial charge in [-0.2, -0.15) is 0 Å². The first-order chi connectivity index (χ1) is 10.1. The van der Waals surface area contributed by atoms with Crippen LogP contribution in [0.15, 0.2) is 65.1 Å². The van der Waals surface area contributed by atoms with Gasteiger partial charge in [0.15, 0.2) is 0 Å². The molecule has 1 atom stereocenters. The molecule has 0 fully saturated rings. The van der Waals surface area contributed by atoms with Crippen LogP contribution in [0.2, 0.25) is 0 Å². The monoisotopic (exact) mass is 362 g/mol. The lowest BCUT2D eigenvalue weighted by atomic mass is 10.0. The van der Waals surface area contributed by atoms with E-state index in [2.05, 4.69) is 34.1 Å². The van der Waals surface area contributed by atoms with Crippen LogP contribution in [0.1, 0.15) is 16.5 Å². The van der Waals surface area contributed by atoms with Gasteiger partial charge in [0.1, 0.15) is 5.82 Å². The Bertz CT molecular complexity index is 785. The predicted molar refractivity (Wildman–Crippen MR) is 90.3 cm³/mol. The number of rotatable bonds is 3. The second-order valence-electron chi connectivity index (χ2n) is 5.01. The Kier molecular flexibility index (Phi) is 4.27. The fraction of sp³-hybridized carbons (Fsp3) is 0.111. The largest absolute Gasteiger partial charge is 0.207 e. The smallest absolute Gasteiger partial charge is 0.126 e. The molecule has 0 aliphatic rings. The second-order valence-corrected chi connectivity index (χ2v) is 6.46. The third-order valence-electron chi connectivity index (χ3n) is 3.55. The standard InChI is InChI=1S/C18H13BrClF/c19-16-8-7-12-9-14(6-5-13(12)10-16)17(20)11-15-3-1-2-4-18(15)21/h1-10,17H,11H2. The van der Waals surface area contributed by atoms with Crippen molar-refractivity contribution in [1.29, 1.82) is 0 Å². The molecule has 0 saturated heterocycles. The van der Waals surface area contributed by atoms with Crippen LogP contribution in [0.5, 0.6) is 0 Å². The number of benzene rings is 3. The molecule has 3 aromatic carbocycles. The van der Waals surface area contributed by atoms with Gasteiger partial charge >= 0.3 is 0 Å². The second kappa shape index (κ2) is 6.17. The molecule has 0 nitrogen and oxygen atoms in total. The van der Waals surface area contributed by atoms with Gasteiger partial charge in [0, 0.05) is 4.47 Å². The molecule has 1 unspecified atom stereocenters. The van der Waals surface area contributed by atoms with Crippen LogP contribution < -0.4 is 0 Å². The van der Waals surface area contributed by atoms with Crippen LogP contribution in [-0.2, 0) is 6.42 Å². The normalized spacial score (nSPS) is 12.5. The van der Waals surface area contributed by atoms with Crippen LogP contribution >= 0.6 is 27.5 Å². The highest BCUT2D eigenvalue weighted by Gasteiger charge is 2.12. The lowest BCUT2D eigenvalue weighted by Crippen LogP contribution is -1.98. The summed E-state index contributed by atoms with van der Waals surface area (Å²) in [6, 6.07) is 19.0. The summed E-state index contributed by atoms with van der Waals surface area (Å²) in [5, 5.41) is 2.05. The van der Waals surface area contributed by atoms with Gasteiger partial charge in [0.2, 0.25) is 0 Å². The van der Waals surface area contributed by atoms with Gasteiger partial charge < -0.3 is 0 Å². The van der Waals surface area contributed by atoms with Crippen LogP contribution in [0.3, 0.4) is 0 Å². The molecule has 106 valence electrons. The fourth-order valence-electron chi connectivity index (χ4n) is 2.40. The highest BCUT2D eigenvalue weighted by Crippen LogP contribution is 2.29. The van der Waals surface area contributed by atoms with Gasteiger partial charge in [-0.15, -0.1) is 11.6 Å². The minimum Gasteiger partial charge on any atom is -0.207 e. The van der Waals surface area contributed by atoms with Crippen molar-refractivity contribution >= 4 is 38.3 Å². The summed E-state index contributed by atoms with van der Waals surface area (Å²) in [6.07, 6.45) is 0.482. The minimum atomic E-state index is -0.241. The third-order valence-corrected chi connectivity index (χ3v) is 4.44. The molecule has 21 heavy (non-hydrogen) atoms. The van der Waals surface area contributed by atoms with E-state index in [0.717, 1.165) is 20.8 Å². The average Bonchev–Trinajstić information content (AvgIpc) is 2.49. The molecule has 0 aliphatic heterocycles. The third kappa shape index (κ3) is 3.28. The Morgan fingerprint density at radius 2 is 1.67 bits per heavy atom. The van der Waals surface area contributed by atoms with E-state index in [0.29, 0.717) is 12.0 Å². The van der Waals surface area contributed by atoms with Crippen molar-refractivity contribution < 1.29 is 4.39 Å². The Balaban J connectivity index is 1.89. The number of hydrogen-bond donors (Lipinski definition) is 0. The van der Waals surface area contributed by atoms with Gasteiger partial charge in [-0.1, -0.05) is 52.3 Å². The van der Waals surface area contributed by atoms with Gasteiger partial charge in [-0.25, -0.2) is 4.39 Å². The van der Waals surface area contributed by atoms with E-state index < -0.39 is 0 Å². The topological polar surface area (TPSA) is 0 Å². The van der Waals surface area contributed by atoms with Crippen molar-refractivity contribution in [3.8, 4) is 0 Å². The molecule has 3 rings (SSSR count). The number of fused-ring (bicyclic) bond motifs is 1. The maximum atomic E-state index is 13.7. The van der Waals surface area contributed by atoms with E-state index in [4.69, 9.17) is 11.6 Å². The van der Waals surface area contributed by atoms with Crippen molar-refractivity contribution in [3.05, 3.63) is 82.1 Å². The Morgan fingerprint density at radius 3 is 2.48 bits per heavy atom. The number of hydrogen-bond acceptors (Lipinski definition) is 0. The quantitative estimate of drug-likeness (QED) is 0.481. The SMILES string of the molecule is Fc1ccccc1CC(Cl)c1ccc2cc(Br)ccc2c1. The van der Waals surface area contributed by atoms with Gasteiger partial charge in [0.25, 0.3) is 0 Å². The van der Waals surface area contributed by atoms with E-state index in [9.17, 15) is 4.39 Å². The summed E-state index contributed by atoms with van der Waals surface area (Å²) in [7, 11) is 0. The molecule has 0 aliphatic carbocycles. The molecule has 0 radical (unpaired) electrons. The maximum Gasteiger partial charge on any atom is 0.126 e. The predicted octanol–water partition coefficient (Wildman–Crippen LogP) is 6.26. The van der Waals surface area contributed by atoms with Crippen LogP contribution in [-0.4, -0.2) is 0 Å². The summed E-state index contributed by atoms with van der Waals surface area (Å²) in [6.45, 7) is 0. The van der Waals surface area contributed by atoms with Crippen molar-refractivity contribution in [2.75, 3.05) is 0 Å². The summed E-state index contributed by atoms with van der Waals surface area (Å²) >= 11 is 9.93. The van der Waals surface area contributed by atoms with Crippen molar-refractivity contribution in [1.82, 2.24) is 0 Å². The van der Waals surface area contributed by atoms with Crippen LogP contribution in [0.4, 0.5) is 4.39 Å². The number of alkyl halides is 1. The lowest BCUT2D eigenvalue weighted by molar-refractivity contribution is 0.607. The number of halogens is 3. The first-order valence-corrected chi connectivity index (χ1v) is 7.93. The summed E-state index contributed by atoms with van der Waals surface area (Å²) < 4.78 is 14.8. The molecular weight excluding hydrogens is 351 g/mol. The molecule has 0 amide bonds. The average molecular weight is 364 g/mol. The van der Waals surface area contributed by atoms with Crippen molar-refractivity contribution in [2.24, 2.45) is 0 Å². The zero-order valence-corrected chi connectivity index (χ0v) is 13.5. The molecule has 0 aromatic heterocycles. The first-order valence-electron chi connectivity index (χ1n) is 6.70. The molecule has 0 bridgehead atoms. The fourth-order valence-corrected chi connectivity index (χ4v) is 3.09. The van der Waals surface area contributed by atoms with Crippen LogP contribution in [0.25, 0.3) is 10.8 Å². The summed E-state index contributed by atoms with van der Waals surface area (Å²) in [5.74, 6) is -0.201. The Labute approximate surface area is 136 Å². The van der Waals surface area contributed by atoms with Crippen molar-refractivity contribution in [3.63, 3.8) is 0 Å². The highest BCUT2D eigenvalue weighted by atomic mass is 79.9. The molecule has 0 heterocycles. The van der Waals surface area contributed by atoms with Gasteiger partial charge in [-0.3, -0.25) is 0 Å². The Morgan fingerprint density at radius 1 is 0.952 bits per heavy atom. The summed E-state index contributed by atoms with van der Waals surface area (Å²) in [5.41, 5.74) is 1.66. The molecular formula is C18H13BrClF. The van der Waals surface area contributed by atoms with E-state index in [1.165, 1.54) is 6.07 Å². The highest BCUT2D eigenvalue weighted by molar-refractivity contribution is 9.10. The molecule has 0 N–H and O–H groups in total. The minimum absolute atomic E-state index is 0.201. The van der Waals surface area contributed by atoms with E-state index in [1.54, 1.807) is 12.1 Å². The van der Waals surface area contributed by atoms with Gasteiger partial charge in [0.05, 0.1) is 5.38 Å². The molecule has 0 saturated carbocycles. The molecule has 3 aromatic rings. The van der Waals surface area contributed by atoms with Crippen molar-refractivity contribution in [2.45, 2.75) is 11.8 Å². The van der Waals surface area contributed by atoms with E-state index >= 15 is 0 Å². The zero-order valence-electron chi connectivity index (χ0n) is 11.2. The summed E-state index contributed by atoms with van der Waals surface area (Å²) in [4.78, 5) is 0. The maximum absolute atomic E-state index is 13.7. The zero-order chi connectivity index (χ0) is 14.8.